The molecule has 32 heavy (non-hydrogen) atoms. The van der Waals surface area contributed by atoms with Gasteiger partial charge in [-0.2, -0.15) is 5.10 Å². The lowest BCUT2D eigenvalue weighted by atomic mass is 9.86. The Bertz CT molecular complexity index is 1330. The molecular formula is C23H17F3N4O2. The number of fused-ring (bicyclic) bond motifs is 1. The standard InChI is InChI=1S/C23H17F3N4O2/c1-29-10-14(9-27-29)17-12-30(11-13-4-2-3-5-15(13)17)23(31)19-8-20(32-28-19)16-6-7-18(24)22(26)21(16)25/h2-10,17H,11-12H2,1H3. The first-order valence-electron chi connectivity index (χ1n) is 9.88. The van der Waals surface area contributed by atoms with Gasteiger partial charge in [0.15, 0.2) is 28.9 Å². The van der Waals surface area contributed by atoms with Crippen LogP contribution in [-0.2, 0) is 13.6 Å². The number of carbonyl (C=O) groups is 1. The molecule has 2 aromatic carbocycles. The predicted molar refractivity (Wildman–Crippen MR) is 108 cm³/mol. The minimum atomic E-state index is -1.61. The number of rotatable bonds is 3. The van der Waals surface area contributed by atoms with E-state index in [1.165, 1.54) is 6.07 Å². The molecule has 0 fully saturated rings. The molecule has 0 aliphatic carbocycles. The van der Waals surface area contributed by atoms with Gasteiger partial charge in [0.2, 0.25) is 0 Å². The third kappa shape index (κ3) is 3.35. The lowest BCUT2D eigenvalue weighted by Gasteiger charge is -2.34. The average Bonchev–Trinajstić information content (AvgIpc) is 3.46. The van der Waals surface area contributed by atoms with Crippen LogP contribution in [-0.4, -0.2) is 32.3 Å². The Hall–Kier alpha value is -3.88. The van der Waals surface area contributed by atoms with Crippen molar-refractivity contribution in [3.8, 4) is 11.3 Å². The smallest absolute Gasteiger partial charge is 0.276 e. The highest BCUT2D eigenvalue weighted by atomic mass is 19.2. The van der Waals surface area contributed by atoms with E-state index >= 15 is 0 Å². The number of benzene rings is 2. The SMILES string of the molecule is Cn1cc(C2CN(C(=O)c3cc(-c4ccc(F)c(F)c4F)on3)Cc3ccccc32)cn1. The van der Waals surface area contributed by atoms with Crippen LogP contribution in [0.25, 0.3) is 11.3 Å². The maximum Gasteiger partial charge on any atom is 0.276 e. The predicted octanol–water partition coefficient (Wildman–Crippen LogP) is 4.28. The molecule has 1 aliphatic rings. The van der Waals surface area contributed by atoms with E-state index in [-0.39, 0.29) is 22.9 Å². The van der Waals surface area contributed by atoms with Gasteiger partial charge in [0.25, 0.3) is 5.91 Å². The van der Waals surface area contributed by atoms with E-state index in [0.717, 1.165) is 28.8 Å². The highest BCUT2D eigenvalue weighted by Gasteiger charge is 2.32. The van der Waals surface area contributed by atoms with Crippen molar-refractivity contribution >= 4 is 5.91 Å². The second-order valence-corrected chi connectivity index (χ2v) is 7.68. The Morgan fingerprint density at radius 2 is 1.94 bits per heavy atom. The lowest BCUT2D eigenvalue weighted by Crippen LogP contribution is -2.38. The molecule has 0 bridgehead atoms. The number of aryl methyl sites for hydroxylation is 1. The van der Waals surface area contributed by atoms with Gasteiger partial charge in [-0.3, -0.25) is 9.48 Å². The summed E-state index contributed by atoms with van der Waals surface area (Å²) in [4.78, 5) is 14.8. The first-order chi connectivity index (χ1) is 15.4. The molecule has 0 saturated heterocycles. The number of carbonyl (C=O) groups excluding carboxylic acids is 1. The van der Waals surface area contributed by atoms with Gasteiger partial charge >= 0.3 is 0 Å². The molecule has 0 N–H and O–H groups in total. The molecule has 1 unspecified atom stereocenters. The van der Waals surface area contributed by atoms with Crippen molar-refractivity contribution < 1.29 is 22.5 Å². The van der Waals surface area contributed by atoms with Crippen molar-refractivity contribution in [1.29, 1.82) is 0 Å². The summed E-state index contributed by atoms with van der Waals surface area (Å²) in [5, 5.41) is 8.00. The van der Waals surface area contributed by atoms with Crippen molar-refractivity contribution in [2.45, 2.75) is 12.5 Å². The second kappa shape index (κ2) is 7.67. The van der Waals surface area contributed by atoms with E-state index in [1.54, 1.807) is 15.8 Å². The molecule has 162 valence electrons. The first kappa shape index (κ1) is 20.0. The summed E-state index contributed by atoms with van der Waals surface area (Å²) in [6.45, 7) is 0.761. The zero-order valence-electron chi connectivity index (χ0n) is 16.9. The van der Waals surface area contributed by atoms with Crippen LogP contribution in [0.3, 0.4) is 0 Å². The van der Waals surface area contributed by atoms with Crippen LogP contribution in [0.2, 0.25) is 0 Å². The van der Waals surface area contributed by atoms with E-state index in [0.29, 0.717) is 13.1 Å². The van der Waals surface area contributed by atoms with E-state index in [9.17, 15) is 18.0 Å². The summed E-state index contributed by atoms with van der Waals surface area (Å²) >= 11 is 0. The summed E-state index contributed by atoms with van der Waals surface area (Å²) in [6.07, 6.45) is 3.69. The van der Waals surface area contributed by atoms with Crippen LogP contribution in [0.5, 0.6) is 0 Å². The van der Waals surface area contributed by atoms with Crippen LogP contribution in [0.15, 0.2) is 59.4 Å². The number of hydrogen-bond acceptors (Lipinski definition) is 4. The molecule has 1 aliphatic heterocycles. The minimum absolute atomic E-state index is 0.0477. The van der Waals surface area contributed by atoms with Crippen LogP contribution in [0.4, 0.5) is 13.2 Å². The molecule has 4 aromatic rings. The summed E-state index contributed by atoms with van der Waals surface area (Å²) in [6, 6.07) is 10.9. The normalized spacial score (nSPS) is 15.6. The third-order valence-electron chi connectivity index (χ3n) is 5.64. The largest absolute Gasteiger partial charge is 0.355 e. The van der Waals surface area contributed by atoms with E-state index < -0.39 is 23.4 Å². The highest BCUT2D eigenvalue weighted by molar-refractivity contribution is 5.93. The van der Waals surface area contributed by atoms with Crippen molar-refractivity contribution in [3.05, 3.63) is 94.7 Å². The summed E-state index contributed by atoms with van der Waals surface area (Å²) in [5.74, 6) is -4.97. The number of hydrogen-bond donors (Lipinski definition) is 0. The van der Waals surface area contributed by atoms with Gasteiger partial charge in [0, 0.05) is 38.3 Å². The number of nitrogens with zero attached hydrogens (tertiary/aromatic N) is 4. The lowest BCUT2D eigenvalue weighted by molar-refractivity contribution is 0.0714. The monoisotopic (exact) mass is 438 g/mol. The minimum Gasteiger partial charge on any atom is -0.355 e. The maximum atomic E-state index is 14.1. The van der Waals surface area contributed by atoms with E-state index in [2.05, 4.69) is 10.3 Å². The van der Waals surface area contributed by atoms with Gasteiger partial charge in [0.1, 0.15) is 0 Å². The van der Waals surface area contributed by atoms with Crippen LogP contribution in [0.1, 0.15) is 33.1 Å². The molecule has 5 rings (SSSR count). The molecule has 2 aromatic heterocycles. The van der Waals surface area contributed by atoms with Gasteiger partial charge in [-0.1, -0.05) is 29.4 Å². The van der Waals surface area contributed by atoms with Crippen molar-refractivity contribution in [2.24, 2.45) is 7.05 Å². The van der Waals surface area contributed by atoms with Crippen LogP contribution >= 0.6 is 0 Å². The van der Waals surface area contributed by atoms with Gasteiger partial charge in [-0.05, 0) is 28.8 Å². The van der Waals surface area contributed by atoms with Gasteiger partial charge in [-0.25, -0.2) is 13.2 Å². The molecule has 1 atom stereocenters. The van der Waals surface area contributed by atoms with Crippen molar-refractivity contribution in [2.75, 3.05) is 6.54 Å². The topological polar surface area (TPSA) is 64.2 Å². The van der Waals surface area contributed by atoms with Crippen LogP contribution < -0.4 is 0 Å². The molecule has 1 amide bonds. The maximum absolute atomic E-state index is 14.1. The zero-order chi connectivity index (χ0) is 22.4. The quantitative estimate of drug-likeness (QED) is 0.448. The van der Waals surface area contributed by atoms with E-state index in [4.69, 9.17) is 4.52 Å². The summed E-state index contributed by atoms with van der Waals surface area (Å²) in [7, 11) is 1.83. The third-order valence-corrected chi connectivity index (χ3v) is 5.64. The van der Waals surface area contributed by atoms with Gasteiger partial charge in [-0.15, -0.1) is 0 Å². The number of halogens is 3. The highest BCUT2D eigenvalue weighted by Crippen LogP contribution is 2.34. The summed E-state index contributed by atoms with van der Waals surface area (Å²) < 4.78 is 47.7. The van der Waals surface area contributed by atoms with Gasteiger partial charge in [0.05, 0.1) is 11.8 Å². The summed E-state index contributed by atoms with van der Waals surface area (Å²) in [5.41, 5.74) is 2.73. The average molecular weight is 438 g/mol. The molecule has 3 heterocycles. The van der Waals surface area contributed by atoms with Crippen molar-refractivity contribution in [3.63, 3.8) is 0 Å². The van der Waals surface area contributed by atoms with Crippen LogP contribution in [0, 0.1) is 17.5 Å². The fourth-order valence-corrected chi connectivity index (χ4v) is 4.05. The number of amides is 1. The zero-order valence-corrected chi connectivity index (χ0v) is 16.9. The molecule has 6 nitrogen and oxygen atoms in total. The fraction of sp³-hybridized carbons (Fsp3) is 0.174. The Morgan fingerprint density at radius 1 is 1.12 bits per heavy atom. The molecule has 0 saturated carbocycles. The number of aromatic nitrogens is 3. The Labute approximate surface area is 180 Å². The van der Waals surface area contributed by atoms with E-state index in [1.807, 2.05) is 37.5 Å². The molecule has 0 spiro atoms. The molecular weight excluding hydrogens is 421 g/mol. The Balaban J connectivity index is 1.46. The fourth-order valence-electron chi connectivity index (χ4n) is 4.05. The Morgan fingerprint density at radius 3 is 2.72 bits per heavy atom. The second-order valence-electron chi connectivity index (χ2n) is 7.68. The molecule has 9 heteroatoms. The van der Waals surface area contributed by atoms with Crippen molar-refractivity contribution in [1.82, 2.24) is 19.8 Å². The molecule has 0 radical (unpaired) electrons. The Kier molecular flexibility index (Phi) is 4.80. The van der Waals surface area contributed by atoms with Gasteiger partial charge < -0.3 is 9.42 Å². The first-order valence-corrected chi connectivity index (χ1v) is 9.88.